The van der Waals surface area contributed by atoms with Gasteiger partial charge in [-0.15, -0.1) is 0 Å². The van der Waals surface area contributed by atoms with E-state index in [1.165, 1.54) is 13.2 Å². The molecule has 152 valence electrons. The lowest BCUT2D eigenvalue weighted by Crippen LogP contribution is -2.39. The Labute approximate surface area is 163 Å². The van der Waals surface area contributed by atoms with Crippen LogP contribution in [0.1, 0.15) is 32.4 Å². The Balaban J connectivity index is 3.63. The van der Waals surface area contributed by atoms with E-state index in [4.69, 9.17) is 23.4 Å². The Hall–Kier alpha value is -1.83. The summed E-state index contributed by atoms with van der Waals surface area (Å²) in [4.78, 5) is 12.8. The molecule has 7 heteroatoms. The molecule has 0 aliphatic heterocycles. The second-order valence-electron chi connectivity index (χ2n) is 6.11. The largest absolute Gasteiger partial charge is 0.496 e. The highest BCUT2D eigenvalue weighted by Crippen LogP contribution is 2.45. The smallest absolute Gasteiger partial charge is 0.193 e. The van der Waals surface area contributed by atoms with Gasteiger partial charge in [-0.3, -0.25) is 4.79 Å². The summed E-state index contributed by atoms with van der Waals surface area (Å²) in [6.07, 6.45) is 0.412. The Morgan fingerprint density at radius 1 is 1.07 bits per heavy atom. The van der Waals surface area contributed by atoms with Crippen molar-refractivity contribution in [2.24, 2.45) is 0 Å². The molecule has 0 aromatic heterocycles. The van der Waals surface area contributed by atoms with Crippen LogP contribution in [0.15, 0.2) is 24.8 Å². The lowest BCUT2D eigenvalue weighted by Gasteiger charge is -2.33. The summed E-state index contributed by atoms with van der Waals surface area (Å²) in [6, 6.07) is 6.19. The van der Waals surface area contributed by atoms with Crippen molar-refractivity contribution < 1.29 is 28.2 Å². The first kappa shape index (κ1) is 23.2. The van der Waals surface area contributed by atoms with E-state index in [0.29, 0.717) is 22.8 Å². The fourth-order valence-electron chi connectivity index (χ4n) is 3.03. The van der Waals surface area contributed by atoms with Crippen LogP contribution in [-0.4, -0.2) is 42.2 Å². The number of ether oxygens (including phenoxy) is 4. The van der Waals surface area contributed by atoms with E-state index in [1.807, 2.05) is 0 Å². The third-order valence-corrected chi connectivity index (χ3v) is 9.51. The molecule has 0 amide bonds. The highest BCUT2D eigenvalue weighted by Gasteiger charge is 2.38. The first-order valence-corrected chi connectivity index (χ1v) is 11.7. The molecule has 0 fully saturated rings. The Kier molecular flexibility index (Phi) is 9.55. The van der Waals surface area contributed by atoms with Crippen molar-refractivity contribution in [2.45, 2.75) is 45.0 Å². The zero-order valence-corrected chi connectivity index (χ0v) is 18.3. The zero-order valence-electron chi connectivity index (χ0n) is 17.3. The summed E-state index contributed by atoms with van der Waals surface area (Å²) in [5.74, 6) is 1.11. The average Bonchev–Trinajstić information content (AvgIpc) is 2.72. The monoisotopic (exact) mass is 396 g/mol. The van der Waals surface area contributed by atoms with E-state index in [0.717, 1.165) is 18.1 Å². The minimum atomic E-state index is -2.11. The second-order valence-corrected chi connectivity index (χ2v) is 10.8. The lowest BCUT2D eigenvalue weighted by molar-refractivity contribution is -0.121. The maximum Gasteiger partial charge on any atom is 0.193 e. The van der Waals surface area contributed by atoms with Crippen LogP contribution in [0.25, 0.3) is 0 Å². The van der Waals surface area contributed by atoms with E-state index >= 15 is 0 Å². The van der Waals surface area contributed by atoms with E-state index in [9.17, 15) is 4.79 Å². The van der Waals surface area contributed by atoms with Gasteiger partial charge >= 0.3 is 0 Å². The number of ketones is 1. The molecule has 6 nitrogen and oxygen atoms in total. The molecule has 0 aliphatic rings. The molecule has 1 rings (SSSR count). The van der Waals surface area contributed by atoms with Crippen LogP contribution in [0.3, 0.4) is 0 Å². The van der Waals surface area contributed by atoms with Gasteiger partial charge in [0, 0.05) is 7.11 Å². The molecule has 0 heterocycles. The van der Waals surface area contributed by atoms with Crippen LogP contribution in [0.2, 0.25) is 18.1 Å². The number of benzene rings is 1. The zero-order chi connectivity index (χ0) is 20.4. The van der Waals surface area contributed by atoms with Crippen LogP contribution < -0.4 is 14.2 Å². The lowest BCUT2D eigenvalue weighted by atomic mass is 10.0. The molecular formula is C20H32O6Si. The van der Waals surface area contributed by atoms with Crippen molar-refractivity contribution in [3.05, 3.63) is 30.4 Å². The normalized spacial score (nSPS) is 12.4. The first-order chi connectivity index (χ1) is 13.0. The minimum Gasteiger partial charge on any atom is -0.496 e. The molecule has 1 aromatic carbocycles. The average molecular weight is 397 g/mol. The number of methoxy groups -OCH3 is 3. The van der Waals surface area contributed by atoms with Gasteiger partial charge in [0.15, 0.2) is 32.4 Å². The maximum atomic E-state index is 12.8. The van der Waals surface area contributed by atoms with Gasteiger partial charge < -0.3 is 23.4 Å². The SMILES string of the molecule is C=CC(=O)C(O[Si](CC)(CC)CC)c1c(OC)ccc(OC)c1OCOC. The van der Waals surface area contributed by atoms with Crippen LogP contribution in [0.5, 0.6) is 17.2 Å². The molecule has 0 saturated heterocycles. The molecule has 1 atom stereocenters. The Morgan fingerprint density at radius 2 is 1.63 bits per heavy atom. The van der Waals surface area contributed by atoms with Crippen molar-refractivity contribution in [2.75, 3.05) is 28.1 Å². The summed E-state index contributed by atoms with van der Waals surface area (Å²) < 4.78 is 28.3. The molecular weight excluding hydrogens is 364 g/mol. The predicted octanol–water partition coefficient (Wildman–Crippen LogP) is 4.50. The summed E-state index contributed by atoms with van der Waals surface area (Å²) in [6.45, 7) is 9.99. The van der Waals surface area contributed by atoms with E-state index < -0.39 is 14.4 Å². The highest BCUT2D eigenvalue weighted by molar-refractivity contribution is 6.73. The van der Waals surface area contributed by atoms with Gasteiger partial charge in [-0.05, 0) is 36.3 Å². The molecule has 0 spiro atoms. The highest BCUT2D eigenvalue weighted by atomic mass is 28.4. The summed E-state index contributed by atoms with van der Waals surface area (Å²) >= 11 is 0. The Morgan fingerprint density at radius 3 is 2.07 bits per heavy atom. The van der Waals surface area contributed by atoms with E-state index in [1.54, 1.807) is 26.4 Å². The number of carbonyl (C=O) groups excluding carboxylic acids is 1. The quantitative estimate of drug-likeness (QED) is 0.278. The fraction of sp³-hybridized carbons (Fsp3) is 0.550. The van der Waals surface area contributed by atoms with Gasteiger partial charge in [0.25, 0.3) is 0 Å². The molecule has 0 bridgehead atoms. The molecule has 0 N–H and O–H groups in total. The predicted molar refractivity (Wildman–Crippen MR) is 108 cm³/mol. The van der Waals surface area contributed by atoms with E-state index in [-0.39, 0.29) is 12.6 Å². The van der Waals surface area contributed by atoms with Crippen LogP contribution in [0, 0.1) is 0 Å². The number of rotatable bonds is 13. The topological polar surface area (TPSA) is 63.2 Å². The van der Waals surface area contributed by atoms with Gasteiger partial charge in [-0.2, -0.15) is 0 Å². The number of hydrogen-bond donors (Lipinski definition) is 0. The first-order valence-electron chi connectivity index (χ1n) is 9.18. The van der Waals surface area contributed by atoms with E-state index in [2.05, 4.69) is 27.4 Å². The molecule has 0 aliphatic carbocycles. The van der Waals surface area contributed by atoms with Crippen molar-refractivity contribution >= 4 is 14.1 Å². The summed E-state index contributed by atoms with van der Waals surface area (Å²) in [5, 5.41) is 0. The molecule has 0 saturated carbocycles. The van der Waals surface area contributed by atoms with Crippen molar-refractivity contribution in [1.82, 2.24) is 0 Å². The number of hydrogen-bond acceptors (Lipinski definition) is 6. The molecule has 27 heavy (non-hydrogen) atoms. The molecule has 1 unspecified atom stereocenters. The molecule has 1 aromatic rings. The summed E-state index contributed by atoms with van der Waals surface area (Å²) in [7, 11) is 2.50. The maximum absolute atomic E-state index is 12.8. The third-order valence-electron chi connectivity index (χ3n) is 4.90. The van der Waals surface area contributed by atoms with Gasteiger partial charge in [0.1, 0.15) is 11.9 Å². The minimum absolute atomic E-state index is 0.00340. The van der Waals surface area contributed by atoms with Gasteiger partial charge in [-0.1, -0.05) is 27.4 Å². The standard InChI is InChI=1S/C20H32O6Si/c1-8-15(21)19(26-27(9-2,10-3)11-4)18-16(23-6)12-13-17(24-7)20(18)25-14-22-5/h8,12-13,19H,1,9-11,14H2,2-7H3. The second kappa shape index (κ2) is 11.1. The third kappa shape index (κ3) is 5.34. The van der Waals surface area contributed by atoms with Crippen molar-refractivity contribution in [3.8, 4) is 17.2 Å². The van der Waals surface area contributed by atoms with Crippen LogP contribution in [-0.2, 0) is 14.0 Å². The van der Waals surface area contributed by atoms with Crippen molar-refractivity contribution in [1.29, 1.82) is 0 Å². The fourth-order valence-corrected chi connectivity index (χ4v) is 5.77. The summed E-state index contributed by atoms with van der Waals surface area (Å²) in [5.41, 5.74) is 0.506. The van der Waals surface area contributed by atoms with Crippen LogP contribution >= 0.6 is 0 Å². The van der Waals surface area contributed by atoms with Gasteiger partial charge in [0.05, 0.1) is 19.8 Å². The number of carbonyl (C=O) groups is 1. The Bertz CT molecular complexity index is 619. The van der Waals surface area contributed by atoms with Crippen molar-refractivity contribution in [3.63, 3.8) is 0 Å². The van der Waals surface area contributed by atoms with Gasteiger partial charge in [-0.25, -0.2) is 0 Å². The molecule has 0 radical (unpaired) electrons. The van der Waals surface area contributed by atoms with Gasteiger partial charge in [0.2, 0.25) is 0 Å². The van der Waals surface area contributed by atoms with Crippen LogP contribution in [0.4, 0.5) is 0 Å².